The lowest BCUT2D eigenvalue weighted by molar-refractivity contribution is -0.119. The van der Waals surface area contributed by atoms with Crippen LogP contribution in [-0.2, 0) is 26.1 Å². The van der Waals surface area contributed by atoms with Crippen molar-refractivity contribution in [3.63, 3.8) is 0 Å². The van der Waals surface area contributed by atoms with Gasteiger partial charge in [0.05, 0.1) is 10.7 Å². The number of allylic oxidation sites excluding steroid dienone is 4. The van der Waals surface area contributed by atoms with E-state index in [0.717, 1.165) is 17.8 Å². The maximum absolute atomic E-state index is 14.3. The first-order chi connectivity index (χ1) is 22.6. The van der Waals surface area contributed by atoms with Gasteiger partial charge in [0.2, 0.25) is 0 Å². The Bertz CT molecular complexity index is 1910. The molecular weight excluding hydrogens is 761 g/mol. The zero-order chi connectivity index (χ0) is 34.6. The number of rotatable bonds is 8. The highest BCUT2D eigenvalue weighted by Crippen LogP contribution is 2.55. The van der Waals surface area contributed by atoms with Crippen LogP contribution in [0.25, 0.3) is 0 Å². The van der Waals surface area contributed by atoms with Crippen molar-refractivity contribution < 1.29 is 26.9 Å². The van der Waals surface area contributed by atoms with E-state index >= 15 is 0 Å². The van der Waals surface area contributed by atoms with Crippen molar-refractivity contribution in [1.82, 2.24) is 4.90 Å². The minimum atomic E-state index is -4.22. The zero-order valence-corrected chi connectivity index (χ0v) is 31.5. The van der Waals surface area contributed by atoms with Gasteiger partial charge in [0.15, 0.2) is 23.1 Å². The first-order valence-corrected chi connectivity index (χ1v) is 18.9. The molecule has 1 heterocycles. The van der Waals surface area contributed by atoms with Crippen LogP contribution in [0.15, 0.2) is 94.2 Å². The van der Waals surface area contributed by atoms with Gasteiger partial charge >= 0.3 is 10.1 Å². The van der Waals surface area contributed by atoms with Crippen LogP contribution in [0.1, 0.15) is 70.4 Å². The summed E-state index contributed by atoms with van der Waals surface area (Å²) in [6.07, 6.45) is 2.89. The molecule has 3 aromatic carbocycles. The summed E-state index contributed by atoms with van der Waals surface area (Å²) in [5.74, 6) is -0.329. The molecule has 7 nitrogen and oxygen atoms in total. The lowest BCUT2D eigenvalue weighted by Crippen LogP contribution is -2.45. The molecule has 0 unspecified atom stereocenters. The molecule has 1 aliphatic heterocycles. The average Bonchev–Trinajstić information content (AvgIpc) is 3.00. The van der Waals surface area contributed by atoms with Gasteiger partial charge in [-0.15, -0.1) is 0 Å². The predicted octanol–water partition coefficient (Wildman–Crippen LogP) is 8.65. The second-order valence-electron chi connectivity index (χ2n) is 14.4. The normalized spacial score (nSPS) is 19.3. The van der Waals surface area contributed by atoms with Gasteiger partial charge in [-0.05, 0) is 100 Å². The summed E-state index contributed by atoms with van der Waals surface area (Å²) in [6, 6.07) is 19.5. The summed E-state index contributed by atoms with van der Waals surface area (Å²) in [7, 11) is -2.77. The van der Waals surface area contributed by atoms with Crippen molar-refractivity contribution in [2.75, 3.05) is 13.7 Å². The maximum Gasteiger partial charge on any atom is 0.339 e. The van der Waals surface area contributed by atoms with E-state index in [0.29, 0.717) is 57.5 Å². The minimum absolute atomic E-state index is 0.0276. The monoisotopic (exact) mass is 799 g/mol. The van der Waals surface area contributed by atoms with E-state index in [1.54, 1.807) is 6.07 Å². The number of halogens is 2. The molecule has 0 radical (unpaired) electrons. The van der Waals surface area contributed by atoms with Crippen LogP contribution in [0.3, 0.4) is 0 Å². The summed E-state index contributed by atoms with van der Waals surface area (Å²) in [4.78, 5) is 30.8. The number of carbonyl (C=O) groups is 2. The molecule has 0 atom stereocenters. The zero-order valence-electron chi connectivity index (χ0n) is 27.7. The molecule has 0 N–H and O–H groups in total. The summed E-state index contributed by atoms with van der Waals surface area (Å²) >= 11 is 8.01. The van der Waals surface area contributed by atoms with Crippen molar-refractivity contribution in [2.45, 2.75) is 70.6 Å². The Labute approximate surface area is 301 Å². The lowest BCUT2D eigenvalue weighted by atomic mass is 9.63. The highest BCUT2D eigenvalue weighted by Gasteiger charge is 2.49. The second kappa shape index (κ2) is 12.9. The van der Waals surface area contributed by atoms with Crippen LogP contribution in [0.4, 0.5) is 0 Å². The SMILES string of the molecule is COc1cc(C2C3=C(CC(C)(C)CC3=O)N(CCc3ccccc3)C3=C2C(=O)CC(C)(C)C3)cc(I)c1OS(=O)(=O)c1ccc(Cl)cc1. The first-order valence-electron chi connectivity index (χ1n) is 16.0. The number of hydrogen-bond acceptors (Lipinski definition) is 7. The Hall–Kier alpha value is -3.15. The maximum atomic E-state index is 14.3. The van der Waals surface area contributed by atoms with Gasteiger partial charge in [-0.25, -0.2) is 0 Å². The quantitative estimate of drug-likeness (QED) is 0.167. The molecule has 0 fully saturated rings. The van der Waals surface area contributed by atoms with Gasteiger partial charge in [0.1, 0.15) is 4.90 Å². The minimum Gasteiger partial charge on any atom is -0.493 e. The molecule has 10 heteroatoms. The molecule has 0 saturated heterocycles. The third-order valence-electron chi connectivity index (χ3n) is 9.37. The van der Waals surface area contributed by atoms with Crippen molar-refractivity contribution in [3.8, 4) is 11.5 Å². The van der Waals surface area contributed by atoms with Crippen LogP contribution in [0.2, 0.25) is 5.02 Å². The molecule has 3 aliphatic rings. The number of ether oxygens (including phenoxy) is 1. The molecular formula is C38H39ClINO6S. The Morgan fingerprint density at radius 1 is 0.854 bits per heavy atom. The second-order valence-corrected chi connectivity index (χ2v) is 17.6. The third-order valence-corrected chi connectivity index (χ3v) is 11.7. The van der Waals surface area contributed by atoms with E-state index in [9.17, 15) is 18.0 Å². The molecule has 0 spiro atoms. The number of hydrogen-bond donors (Lipinski definition) is 0. The molecule has 3 aromatic rings. The van der Waals surface area contributed by atoms with Gasteiger partial charge in [-0.2, -0.15) is 8.42 Å². The fraction of sp³-hybridized carbons (Fsp3) is 0.368. The number of benzene rings is 3. The molecule has 0 saturated carbocycles. The van der Waals surface area contributed by atoms with E-state index in [2.05, 4.69) is 44.7 Å². The molecule has 0 amide bonds. The van der Waals surface area contributed by atoms with Crippen LogP contribution in [0, 0.1) is 14.4 Å². The summed E-state index contributed by atoms with van der Waals surface area (Å²) in [5.41, 5.74) is 4.62. The highest BCUT2D eigenvalue weighted by atomic mass is 127. The van der Waals surface area contributed by atoms with E-state index in [-0.39, 0.29) is 38.8 Å². The number of nitrogens with zero attached hydrogens (tertiary/aromatic N) is 1. The van der Waals surface area contributed by atoms with E-state index < -0.39 is 16.0 Å². The topological polar surface area (TPSA) is 90.0 Å². The van der Waals surface area contributed by atoms with Crippen molar-refractivity contribution in [3.05, 3.63) is 109 Å². The number of ketones is 2. The Kier molecular flexibility index (Phi) is 9.36. The molecule has 48 heavy (non-hydrogen) atoms. The van der Waals surface area contributed by atoms with Gasteiger partial charge in [-0.3, -0.25) is 9.59 Å². The number of methoxy groups -OCH3 is 1. The lowest BCUT2D eigenvalue weighted by Gasteiger charge is -2.49. The molecule has 6 rings (SSSR count). The van der Waals surface area contributed by atoms with E-state index in [1.165, 1.54) is 36.9 Å². The van der Waals surface area contributed by atoms with Gasteiger partial charge < -0.3 is 13.8 Å². The largest absolute Gasteiger partial charge is 0.493 e. The number of Topliss-reactive ketones (excluding diaryl/α,β-unsaturated/α-hetero) is 2. The fourth-order valence-corrected chi connectivity index (χ4v) is 9.25. The van der Waals surface area contributed by atoms with Gasteiger partial charge in [0, 0.05) is 52.9 Å². The van der Waals surface area contributed by atoms with Gasteiger partial charge in [-0.1, -0.05) is 69.6 Å². The van der Waals surface area contributed by atoms with Gasteiger partial charge in [0.25, 0.3) is 0 Å². The number of carbonyl (C=O) groups excluding carboxylic acids is 2. The smallest absolute Gasteiger partial charge is 0.339 e. The fourth-order valence-electron chi connectivity index (χ4n) is 7.28. The van der Waals surface area contributed by atoms with Crippen LogP contribution >= 0.6 is 34.2 Å². The van der Waals surface area contributed by atoms with Crippen molar-refractivity contribution >= 4 is 55.9 Å². The molecule has 2 aliphatic carbocycles. The van der Waals surface area contributed by atoms with Crippen molar-refractivity contribution in [1.29, 1.82) is 0 Å². The van der Waals surface area contributed by atoms with Crippen LogP contribution in [-0.4, -0.2) is 38.5 Å². The highest BCUT2D eigenvalue weighted by molar-refractivity contribution is 14.1. The first kappa shape index (κ1) is 34.7. The summed E-state index contributed by atoms with van der Waals surface area (Å²) in [5, 5.41) is 0.403. The standard InChI is InChI=1S/C38H39ClINO6S/c1-37(2)19-28-34(30(42)21-37)33(35-29(20-38(3,4)22-31(35)43)41(28)16-15-23-9-7-6-8-10-23)24-17-27(40)36(32(18-24)46-5)47-48(44,45)26-13-11-25(39)12-14-26/h6-14,17-18,33H,15-16,19-22H2,1-5H3. The molecule has 0 aromatic heterocycles. The van der Waals surface area contributed by atoms with Crippen LogP contribution < -0.4 is 8.92 Å². The van der Waals surface area contributed by atoms with Crippen LogP contribution in [0.5, 0.6) is 11.5 Å². The van der Waals surface area contributed by atoms with Crippen molar-refractivity contribution in [2.24, 2.45) is 10.8 Å². The summed E-state index contributed by atoms with van der Waals surface area (Å²) < 4.78 is 38.4. The Morgan fingerprint density at radius 2 is 1.42 bits per heavy atom. The molecule has 0 bridgehead atoms. The molecule has 252 valence electrons. The predicted molar refractivity (Wildman–Crippen MR) is 195 cm³/mol. The Morgan fingerprint density at radius 3 is 1.96 bits per heavy atom. The van der Waals surface area contributed by atoms with E-state index in [1.807, 2.05) is 46.9 Å². The Balaban J connectivity index is 1.50. The van der Waals surface area contributed by atoms with E-state index in [4.69, 9.17) is 20.5 Å². The third kappa shape index (κ3) is 6.83. The average molecular weight is 800 g/mol. The summed E-state index contributed by atoms with van der Waals surface area (Å²) in [6.45, 7) is 9.14.